The number of carbonyl (C=O) groups excluding carboxylic acids is 1. The van der Waals surface area contributed by atoms with E-state index in [-0.39, 0.29) is 6.61 Å². The van der Waals surface area contributed by atoms with Crippen LogP contribution in [-0.4, -0.2) is 62.4 Å². The first-order chi connectivity index (χ1) is 9.17. The summed E-state index contributed by atoms with van der Waals surface area (Å²) in [5, 5.41) is 0. The van der Waals surface area contributed by atoms with E-state index in [2.05, 4.69) is 4.99 Å². The molecule has 0 rings (SSSR count). The maximum absolute atomic E-state index is 9.96. The molecule has 0 fully saturated rings. The molecule has 0 radical (unpaired) electrons. The van der Waals surface area contributed by atoms with Gasteiger partial charge in [-0.2, -0.15) is 0 Å². The van der Waals surface area contributed by atoms with Gasteiger partial charge in [-0.25, -0.2) is 9.79 Å². The summed E-state index contributed by atoms with van der Waals surface area (Å²) in [5.74, 6) is -1.21. The van der Waals surface area contributed by atoms with Crippen LogP contribution in [0.25, 0.3) is 0 Å². The predicted molar refractivity (Wildman–Crippen MR) is 70.9 cm³/mol. The Balaban J connectivity index is 4.20. The summed E-state index contributed by atoms with van der Waals surface area (Å²) in [5.41, 5.74) is 0. The average molecular weight is 293 g/mol. The van der Waals surface area contributed by atoms with Crippen molar-refractivity contribution in [2.45, 2.75) is 25.4 Å². The Bertz CT molecular complexity index is 260. The van der Waals surface area contributed by atoms with Gasteiger partial charge in [0.1, 0.15) is 6.61 Å². The van der Waals surface area contributed by atoms with Crippen molar-refractivity contribution < 1.29 is 27.9 Å². The summed E-state index contributed by atoms with van der Waals surface area (Å²) < 4.78 is 26.7. The smallest absolute Gasteiger partial charge is 0.321 e. The SMILES string of the molecule is CCO[SiH](CCCN=C=O)OCC(OC)(OC)OC. The molecular formula is C11H23NO6Si. The molecule has 8 heteroatoms. The van der Waals surface area contributed by atoms with Gasteiger partial charge in [0.2, 0.25) is 6.08 Å². The summed E-state index contributed by atoms with van der Waals surface area (Å²) in [6.07, 6.45) is 2.23. The molecule has 0 heterocycles. The Morgan fingerprint density at radius 2 is 1.79 bits per heavy atom. The number of nitrogens with zero attached hydrogens (tertiary/aromatic N) is 1. The Hall–Kier alpha value is -0.603. The van der Waals surface area contributed by atoms with E-state index in [9.17, 15) is 4.79 Å². The van der Waals surface area contributed by atoms with Gasteiger partial charge in [-0.05, 0) is 19.4 Å². The zero-order valence-electron chi connectivity index (χ0n) is 12.0. The zero-order chi connectivity index (χ0) is 14.6. The molecule has 1 atom stereocenters. The van der Waals surface area contributed by atoms with Gasteiger partial charge in [-0.1, -0.05) is 0 Å². The summed E-state index contributed by atoms with van der Waals surface area (Å²) in [7, 11) is 2.59. The molecular weight excluding hydrogens is 270 g/mol. The molecule has 0 amide bonds. The average Bonchev–Trinajstić information content (AvgIpc) is 2.45. The van der Waals surface area contributed by atoms with Gasteiger partial charge in [0, 0.05) is 27.9 Å². The second kappa shape index (κ2) is 11.2. The van der Waals surface area contributed by atoms with Crippen molar-refractivity contribution in [3.63, 3.8) is 0 Å². The molecule has 0 N–H and O–H groups in total. The quantitative estimate of drug-likeness (QED) is 0.172. The minimum absolute atomic E-state index is 0.129. The van der Waals surface area contributed by atoms with Crippen LogP contribution in [0.2, 0.25) is 6.04 Å². The standard InChI is InChI=1S/C11H23NO6Si/c1-5-17-19(8-6-7-12-10-13)18-9-11(14-2,15-3)16-4/h19H,5-9H2,1-4H3. The third-order valence-corrected chi connectivity index (χ3v) is 4.63. The van der Waals surface area contributed by atoms with Gasteiger partial charge in [0.05, 0.1) is 6.54 Å². The summed E-state index contributed by atoms with van der Waals surface area (Å²) in [6, 6.07) is 0.742. The van der Waals surface area contributed by atoms with Gasteiger partial charge in [0.15, 0.2) is 0 Å². The minimum atomic E-state index is -1.85. The molecule has 112 valence electrons. The number of hydrogen-bond acceptors (Lipinski definition) is 7. The summed E-state index contributed by atoms with van der Waals surface area (Å²) in [4.78, 5) is 13.4. The summed E-state index contributed by atoms with van der Waals surface area (Å²) in [6.45, 7) is 3.05. The molecule has 0 aliphatic rings. The van der Waals surface area contributed by atoms with E-state index in [4.69, 9.17) is 23.1 Å². The molecule has 7 nitrogen and oxygen atoms in total. The van der Waals surface area contributed by atoms with Crippen LogP contribution in [0.15, 0.2) is 4.99 Å². The maximum atomic E-state index is 9.96. The van der Waals surface area contributed by atoms with Crippen molar-refractivity contribution in [3.05, 3.63) is 0 Å². The molecule has 0 aromatic carbocycles. The van der Waals surface area contributed by atoms with Crippen molar-refractivity contribution in [2.75, 3.05) is 41.1 Å². The maximum Gasteiger partial charge on any atom is 0.321 e. The Morgan fingerprint density at radius 3 is 2.26 bits per heavy atom. The number of rotatable bonds is 12. The highest BCUT2D eigenvalue weighted by atomic mass is 28.3. The second-order valence-corrected chi connectivity index (χ2v) is 5.71. The lowest BCUT2D eigenvalue weighted by Crippen LogP contribution is -2.43. The van der Waals surface area contributed by atoms with E-state index >= 15 is 0 Å². The first-order valence-electron chi connectivity index (χ1n) is 6.10. The normalized spacial score (nSPS) is 13.1. The van der Waals surface area contributed by atoms with Crippen LogP contribution in [0, 0.1) is 0 Å². The number of hydrogen-bond donors (Lipinski definition) is 0. The van der Waals surface area contributed by atoms with Gasteiger partial charge in [-0.3, -0.25) is 0 Å². The second-order valence-electron chi connectivity index (χ2n) is 3.61. The molecule has 0 bridgehead atoms. The number of methoxy groups -OCH3 is 3. The Kier molecular flexibility index (Phi) is 10.9. The fourth-order valence-electron chi connectivity index (χ4n) is 1.41. The van der Waals surface area contributed by atoms with E-state index in [0.717, 1.165) is 12.5 Å². The molecule has 1 unspecified atom stereocenters. The van der Waals surface area contributed by atoms with E-state index in [1.807, 2.05) is 6.92 Å². The molecule has 0 spiro atoms. The van der Waals surface area contributed by atoms with Crippen LogP contribution in [0.1, 0.15) is 13.3 Å². The molecule has 0 saturated carbocycles. The van der Waals surface area contributed by atoms with Gasteiger partial charge >= 0.3 is 15.3 Å². The number of ether oxygens (including phenoxy) is 3. The lowest BCUT2D eigenvalue weighted by atomic mass is 10.5. The first kappa shape index (κ1) is 18.4. The van der Waals surface area contributed by atoms with Gasteiger partial charge in [0.25, 0.3) is 0 Å². The number of isocyanates is 1. The van der Waals surface area contributed by atoms with E-state index in [0.29, 0.717) is 13.2 Å². The lowest BCUT2D eigenvalue weighted by molar-refractivity contribution is -0.362. The highest BCUT2D eigenvalue weighted by Crippen LogP contribution is 2.14. The van der Waals surface area contributed by atoms with Crippen LogP contribution < -0.4 is 0 Å². The largest absolute Gasteiger partial charge is 0.397 e. The highest BCUT2D eigenvalue weighted by Gasteiger charge is 2.31. The Morgan fingerprint density at radius 1 is 1.16 bits per heavy atom. The van der Waals surface area contributed by atoms with Crippen molar-refractivity contribution in [3.8, 4) is 0 Å². The molecule has 19 heavy (non-hydrogen) atoms. The fraction of sp³-hybridized carbons (Fsp3) is 0.909. The van der Waals surface area contributed by atoms with Gasteiger partial charge in [-0.15, -0.1) is 0 Å². The van der Waals surface area contributed by atoms with Crippen molar-refractivity contribution in [1.29, 1.82) is 0 Å². The van der Waals surface area contributed by atoms with Crippen LogP contribution in [-0.2, 0) is 27.9 Å². The molecule has 0 aliphatic carbocycles. The van der Waals surface area contributed by atoms with E-state index < -0.39 is 15.3 Å². The first-order valence-corrected chi connectivity index (χ1v) is 7.86. The molecule has 0 aromatic heterocycles. The molecule has 0 aromatic rings. The fourth-order valence-corrected chi connectivity index (χ4v) is 3.11. The lowest BCUT2D eigenvalue weighted by Gasteiger charge is -2.29. The number of aliphatic imine (C=N–C) groups is 1. The van der Waals surface area contributed by atoms with Gasteiger partial charge < -0.3 is 23.1 Å². The molecule has 0 saturated heterocycles. The zero-order valence-corrected chi connectivity index (χ0v) is 13.2. The third-order valence-electron chi connectivity index (χ3n) is 2.51. The minimum Gasteiger partial charge on any atom is -0.397 e. The topological polar surface area (TPSA) is 75.6 Å². The van der Waals surface area contributed by atoms with Crippen molar-refractivity contribution in [1.82, 2.24) is 0 Å². The predicted octanol–water partition coefficient (Wildman–Crippen LogP) is 0.579. The van der Waals surface area contributed by atoms with Crippen LogP contribution in [0.3, 0.4) is 0 Å². The van der Waals surface area contributed by atoms with Crippen LogP contribution in [0.4, 0.5) is 0 Å². The highest BCUT2D eigenvalue weighted by molar-refractivity contribution is 6.44. The Labute approximate surface area is 115 Å². The molecule has 0 aliphatic heterocycles. The van der Waals surface area contributed by atoms with Crippen molar-refractivity contribution in [2.24, 2.45) is 4.99 Å². The van der Waals surface area contributed by atoms with Crippen LogP contribution >= 0.6 is 0 Å². The van der Waals surface area contributed by atoms with E-state index in [1.165, 1.54) is 27.4 Å². The van der Waals surface area contributed by atoms with Crippen molar-refractivity contribution >= 4 is 15.4 Å². The third kappa shape index (κ3) is 7.53. The van der Waals surface area contributed by atoms with Crippen LogP contribution in [0.5, 0.6) is 0 Å². The summed E-state index contributed by atoms with van der Waals surface area (Å²) >= 11 is 0. The van der Waals surface area contributed by atoms with E-state index in [1.54, 1.807) is 0 Å². The monoisotopic (exact) mass is 293 g/mol.